The number of amides is 1. The summed E-state index contributed by atoms with van der Waals surface area (Å²) in [6.45, 7) is 11.8. The Labute approximate surface area is 126 Å². The van der Waals surface area contributed by atoms with E-state index in [1.165, 1.54) is 12.1 Å². The molecule has 0 fully saturated rings. The van der Waals surface area contributed by atoms with Crippen LogP contribution in [-0.2, 0) is 11.2 Å². The number of carbonyl (C=O) groups is 1. The van der Waals surface area contributed by atoms with E-state index < -0.39 is 11.7 Å². The van der Waals surface area contributed by atoms with Crippen molar-refractivity contribution in [3.63, 3.8) is 0 Å². The lowest BCUT2D eigenvalue weighted by Crippen LogP contribution is -2.27. The second-order valence-corrected chi connectivity index (χ2v) is 7.49. The Kier molecular flexibility index (Phi) is 5.37. The molecule has 1 aromatic carbocycles. The molecule has 0 aromatic heterocycles. The zero-order valence-electron chi connectivity index (χ0n) is 13.8. The van der Waals surface area contributed by atoms with E-state index >= 15 is 0 Å². The first kappa shape index (κ1) is 17.5. The summed E-state index contributed by atoms with van der Waals surface area (Å²) in [6, 6.07) is 4.39. The molecule has 0 saturated heterocycles. The van der Waals surface area contributed by atoms with Gasteiger partial charge in [0.15, 0.2) is 0 Å². The van der Waals surface area contributed by atoms with Crippen molar-refractivity contribution in [2.45, 2.75) is 60.0 Å². The molecular weight excluding hydrogens is 269 g/mol. The van der Waals surface area contributed by atoms with Crippen LogP contribution in [0.25, 0.3) is 0 Å². The van der Waals surface area contributed by atoms with Crippen LogP contribution < -0.4 is 5.32 Å². The molecule has 0 heterocycles. The molecule has 0 atom stereocenters. The van der Waals surface area contributed by atoms with Gasteiger partial charge in [0.05, 0.1) is 0 Å². The van der Waals surface area contributed by atoms with E-state index in [4.69, 9.17) is 4.74 Å². The van der Waals surface area contributed by atoms with Crippen molar-refractivity contribution >= 4 is 11.8 Å². The third-order valence-corrected chi connectivity index (χ3v) is 2.85. The lowest BCUT2D eigenvalue weighted by molar-refractivity contribution is 0.0635. The van der Waals surface area contributed by atoms with Crippen LogP contribution in [-0.4, -0.2) is 11.7 Å². The number of anilines is 1. The Morgan fingerprint density at radius 1 is 1.19 bits per heavy atom. The van der Waals surface area contributed by atoms with Gasteiger partial charge in [-0.2, -0.15) is 0 Å². The van der Waals surface area contributed by atoms with Crippen LogP contribution in [0.5, 0.6) is 0 Å². The molecule has 1 rings (SSSR count). The van der Waals surface area contributed by atoms with Gasteiger partial charge in [-0.15, -0.1) is 0 Å². The van der Waals surface area contributed by atoms with Gasteiger partial charge in [-0.1, -0.05) is 20.8 Å². The van der Waals surface area contributed by atoms with Gasteiger partial charge in [-0.3, -0.25) is 5.32 Å². The average molecular weight is 295 g/mol. The van der Waals surface area contributed by atoms with Crippen molar-refractivity contribution in [2.75, 3.05) is 5.32 Å². The molecule has 0 aliphatic rings. The zero-order chi connectivity index (χ0) is 16.3. The minimum atomic E-state index is -0.560. The second kappa shape index (κ2) is 6.46. The molecule has 0 aliphatic carbocycles. The lowest BCUT2D eigenvalue weighted by atomic mass is 9.88. The maximum Gasteiger partial charge on any atom is 0.412 e. The van der Waals surface area contributed by atoms with Crippen molar-refractivity contribution in [1.82, 2.24) is 0 Å². The minimum absolute atomic E-state index is 0.148. The topological polar surface area (TPSA) is 38.3 Å². The largest absolute Gasteiger partial charge is 0.444 e. The van der Waals surface area contributed by atoms with E-state index in [0.717, 1.165) is 12.0 Å². The Morgan fingerprint density at radius 3 is 2.33 bits per heavy atom. The molecule has 3 nitrogen and oxygen atoms in total. The number of halogens is 1. The first-order chi connectivity index (χ1) is 9.46. The average Bonchev–Trinajstić information content (AvgIpc) is 2.26. The Morgan fingerprint density at radius 2 is 1.81 bits per heavy atom. The van der Waals surface area contributed by atoms with Crippen LogP contribution in [0.1, 0.15) is 53.5 Å². The summed E-state index contributed by atoms with van der Waals surface area (Å²) in [7, 11) is 0. The van der Waals surface area contributed by atoms with E-state index in [0.29, 0.717) is 12.1 Å². The number of ether oxygens (including phenoxy) is 1. The highest BCUT2D eigenvalue weighted by Gasteiger charge is 2.18. The standard InChI is InChI=1S/C17H26FNO2/c1-16(2,3)10-9-12-11-13(18)7-8-14(12)19-15(20)21-17(4,5)6/h7-8,11H,9-10H2,1-6H3,(H,19,20). The third-order valence-electron chi connectivity index (χ3n) is 2.85. The van der Waals surface area contributed by atoms with Gasteiger partial charge >= 0.3 is 6.09 Å². The number of nitrogens with one attached hydrogen (secondary N) is 1. The molecule has 1 amide bonds. The molecule has 0 saturated carbocycles. The van der Waals surface area contributed by atoms with Gasteiger partial charge in [0.2, 0.25) is 0 Å². The fraction of sp³-hybridized carbons (Fsp3) is 0.588. The summed E-state index contributed by atoms with van der Waals surface area (Å²) in [5.74, 6) is -0.298. The van der Waals surface area contributed by atoms with Gasteiger partial charge in [-0.25, -0.2) is 9.18 Å². The highest BCUT2D eigenvalue weighted by Crippen LogP contribution is 2.26. The van der Waals surface area contributed by atoms with Crippen molar-refractivity contribution in [2.24, 2.45) is 5.41 Å². The van der Waals surface area contributed by atoms with Gasteiger partial charge in [0.1, 0.15) is 11.4 Å². The van der Waals surface area contributed by atoms with Gasteiger partial charge in [0, 0.05) is 5.69 Å². The molecule has 1 N–H and O–H groups in total. The Balaban J connectivity index is 2.84. The maximum absolute atomic E-state index is 13.4. The molecule has 4 heteroatoms. The van der Waals surface area contributed by atoms with Gasteiger partial charge < -0.3 is 4.74 Å². The highest BCUT2D eigenvalue weighted by molar-refractivity contribution is 5.85. The van der Waals surface area contributed by atoms with E-state index in [9.17, 15) is 9.18 Å². The fourth-order valence-electron chi connectivity index (χ4n) is 1.81. The number of aryl methyl sites for hydroxylation is 1. The molecule has 0 unspecified atom stereocenters. The number of hydrogen-bond donors (Lipinski definition) is 1. The summed E-state index contributed by atoms with van der Waals surface area (Å²) in [6.07, 6.45) is 1.08. The highest BCUT2D eigenvalue weighted by atomic mass is 19.1. The van der Waals surface area contributed by atoms with Crippen molar-refractivity contribution in [1.29, 1.82) is 0 Å². The Bertz CT molecular complexity index is 498. The quantitative estimate of drug-likeness (QED) is 0.837. The monoisotopic (exact) mass is 295 g/mol. The molecule has 0 radical (unpaired) electrons. The Hall–Kier alpha value is -1.58. The molecular formula is C17H26FNO2. The molecule has 21 heavy (non-hydrogen) atoms. The minimum Gasteiger partial charge on any atom is -0.444 e. The smallest absolute Gasteiger partial charge is 0.412 e. The molecule has 0 aliphatic heterocycles. The fourth-order valence-corrected chi connectivity index (χ4v) is 1.81. The summed E-state index contributed by atoms with van der Waals surface area (Å²) in [5.41, 5.74) is 0.983. The predicted octanol–water partition coefficient (Wildman–Crippen LogP) is 5.15. The number of rotatable bonds is 3. The van der Waals surface area contributed by atoms with E-state index in [1.54, 1.807) is 26.8 Å². The van der Waals surface area contributed by atoms with Crippen LogP contribution in [0.15, 0.2) is 18.2 Å². The number of carbonyl (C=O) groups excluding carboxylic acids is 1. The van der Waals surface area contributed by atoms with Gasteiger partial charge in [-0.05, 0) is 62.8 Å². The van der Waals surface area contributed by atoms with Crippen LogP contribution in [0.4, 0.5) is 14.9 Å². The first-order valence-corrected chi connectivity index (χ1v) is 7.25. The first-order valence-electron chi connectivity index (χ1n) is 7.25. The molecule has 0 bridgehead atoms. The summed E-state index contributed by atoms with van der Waals surface area (Å²) in [4.78, 5) is 11.8. The summed E-state index contributed by atoms with van der Waals surface area (Å²) < 4.78 is 18.7. The summed E-state index contributed by atoms with van der Waals surface area (Å²) in [5, 5.41) is 2.70. The number of hydrogen-bond acceptors (Lipinski definition) is 2. The normalized spacial score (nSPS) is 12.1. The van der Waals surface area contributed by atoms with Crippen molar-refractivity contribution < 1.29 is 13.9 Å². The van der Waals surface area contributed by atoms with Crippen molar-refractivity contribution in [3.8, 4) is 0 Å². The van der Waals surface area contributed by atoms with Crippen LogP contribution >= 0.6 is 0 Å². The second-order valence-electron chi connectivity index (χ2n) is 7.49. The van der Waals surface area contributed by atoms with Crippen LogP contribution in [0, 0.1) is 11.2 Å². The number of benzene rings is 1. The van der Waals surface area contributed by atoms with E-state index in [1.807, 2.05) is 0 Å². The van der Waals surface area contributed by atoms with Gasteiger partial charge in [0.25, 0.3) is 0 Å². The molecule has 118 valence electrons. The molecule has 1 aromatic rings. The van der Waals surface area contributed by atoms with Crippen LogP contribution in [0.3, 0.4) is 0 Å². The van der Waals surface area contributed by atoms with Crippen LogP contribution in [0.2, 0.25) is 0 Å². The van der Waals surface area contributed by atoms with Crippen molar-refractivity contribution in [3.05, 3.63) is 29.6 Å². The summed E-state index contributed by atoms with van der Waals surface area (Å²) >= 11 is 0. The maximum atomic E-state index is 13.4. The zero-order valence-corrected chi connectivity index (χ0v) is 13.8. The third kappa shape index (κ3) is 7.11. The SMILES string of the molecule is CC(C)(C)CCc1cc(F)ccc1NC(=O)OC(C)(C)C. The van der Waals surface area contributed by atoms with E-state index in [2.05, 4.69) is 26.1 Å². The predicted molar refractivity (Wildman–Crippen MR) is 84.0 cm³/mol. The van der Waals surface area contributed by atoms with E-state index in [-0.39, 0.29) is 11.2 Å². The lowest BCUT2D eigenvalue weighted by Gasteiger charge is -2.22. The molecule has 0 spiro atoms.